The van der Waals surface area contributed by atoms with Gasteiger partial charge in [0.1, 0.15) is 0 Å². The van der Waals surface area contributed by atoms with E-state index in [1.54, 1.807) is 13.3 Å². The van der Waals surface area contributed by atoms with Crippen LogP contribution in [0.1, 0.15) is 11.1 Å². The number of aliphatic imine (C=N–C) groups is 1. The number of nitrogens with zero attached hydrogens (tertiary/aromatic N) is 1. The number of hydrogen-bond donors (Lipinski definition) is 1. The molecule has 1 amide bonds. The van der Waals surface area contributed by atoms with E-state index in [1.807, 2.05) is 25.1 Å². The van der Waals surface area contributed by atoms with Crippen LogP contribution >= 0.6 is 0 Å². The third-order valence-electron chi connectivity index (χ3n) is 1.69. The SMILES string of the molecule is CN=Cc1ccc(C)cc1NC=O. The summed E-state index contributed by atoms with van der Waals surface area (Å²) in [5, 5.41) is 2.63. The van der Waals surface area contributed by atoms with Crippen molar-refractivity contribution in [3.8, 4) is 0 Å². The van der Waals surface area contributed by atoms with Crippen LogP contribution < -0.4 is 5.32 Å². The minimum Gasteiger partial charge on any atom is -0.328 e. The molecule has 0 saturated carbocycles. The second-order valence-electron chi connectivity index (χ2n) is 2.74. The number of anilines is 1. The van der Waals surface area contributed by atoms with E-state index in [9.17, 15) is 4.79 Å². The Hall–Kier alpha value is -1.64. The lowest BCUT2D eigenvalue weighted by Gasteiger charge is -2.04. The van der Waals surface area contributed by atoms with Crippen LogP contribution in [0.2, 0.25) is 0 Å². The van der Waals surface area contributed by atoms with Crippen LogP contribution in [-0.4, -0.2) is 19.7 Å². The Balaban J connectivity index is 3.09. The van der Waals surface area contributed by atoms with Crippen LogP contribution in [-0.2, 0) is 4.79 Å². The summed E-state index contributed by atoms with van der Waals surface area (Å²) in [5.41, 5.74) is 2.82. The van der Waals surface area contributed by atoms with Crippen molar-refractivity contribution >= 4 is 18.3 Å². The van der Waals surface area contributed by atoms with Gasteiger partial charge in [0.15, 0.2) is 0 Å². The Kier molecular flexibility index (Phi) is 3.20. The summed E-state index contributed by atoms with van der Waals surface area (Å²) in [6.45, 7) is 1.98. The number of aryl methyl sites for hydroxylation is 1. The zero-order valence-electron chi connectivity index (χ0n) is 7.74. The van der Waals surface area contributed by atoms with E-state index in [0.29, 0.717) is 6.41 Å². The first-order valence-electron chi connectivity index (χ1n) is 4.01. The molecule has 0 aliphatic carbocycles. The Labute approximate surface area is 77.5 Å². The molecule has 0 aliphatic heterocycles. The molecule has 0 spiro atoms. The molecule has 3 nitrogen and oxygen atoms in total. The quantitative estimate of drug-likeness (QED) is 0.551. The third-order valence-corrected chi connectivity index (χ3v) is 1.69. The van der Waals surface area contributed by atoms with Crippen LogP contribution in [0.25, 0.3) is 0 Å². The number of amides is 1. The zero-order chi connectivity index (χ0) is 9.68. The van der Waals surface area contributed by atoms with Gasteiger partial charge in [-0.1, -0.05) is 12.1 Å². The lowest BCUT2D eigenvalue weighted by atomic mass is 10.1. The average Bonchev–Trinajstić information content (AvgIpc) is 2.10. The molecule has 1 rings (SSSR count). The smallest absolute Gasteiger partial charge is 0.211 e. The van der Waals surface area contributed by atoms with Gasteiger partial charge in [0.25, 0.3) is 0 Å². The predicted octanol–water partition coefficient (Wildman–Crippen LogP) is 1.61. The molecule has 13 heavy (non-hydrogen) atoms. The van der Waals surface area contributed by atoms with Gasteiger partial charge in [-0.2, -0.15) is 0 Å². The second kappa shape index (κ2) is 4.40. The lowest BCUT2D eigenvalue weighted by Crippen LogP contribution is -1.98. The van der Waals surface area contributed by atoms with E-state index in [0.717, 1.165) is 16.8 Å². The number of nitrogens with one attached hydrogen (secondary N) is 1. The first-order valence-corrected chi connectivity index (χ1v) is 4.01. The molecule has 0 radical (unpaired) electrons. The zero-order valence-corrected chi connectivity index (χ0v) is 7.74. The maximum Gasteiger partial charge on any atom is 0.211 e. The van der Waals surface area contributed by atoms with E-state index in [1.165, 1.54) is 0 Å². The van der Waals surface area contributed by atoms with Crippen molar-refractivity contribution in [1.29, 1.82) is 0 Å². The molecular weight excluding hydrogens is 164 g/mol. The van der Waals surface area contributed by atoms with Gasteiger partial charge in [-0.3, -0.25) is 9.79 Å². The van der Waals surface area contributed by atoms with Crippen LogP contribution in [0.4, 0.5) is 5.69 Å². The van der Waals surface area contributed by atoms with Crippen LogP contribution in [0.15, 0.2) is 23.2 Å². The van der Waals surface area contributed by atoms with E-state index < -0.39 is 0 Å². The largest absolute Gasteiger partial charge is 0.328 e. The number of carbonyl (C=O) groups excluding carboxylic acids is 1. The number of benzene rings is 1. The van der Waals surface area contributed by atoms with Crippen molar-refractivity contribution in [2.24, 2.45) is 4.99 Å². The summed E-state index contributed by atoms with van der Waals surface area (Å²) in [4.78, 5) is 14.2. The van der Waals surface area contributed by atoms with Crippen molar-refractivity contribution < 1.29 is 4.79 Å². The fraction of sp³-hybridized carbons (Fsp3) is 0.200. The summed E-state index contributed by atoms with van der Waals surface area (Å²) in [6, 6.07) is 5.81. The summed E-state index contributed by atoms with van der Waals surface area (Å²) in [7, 11) is 1.70. The Bertz CT molecular complexity index is 332. The number of carbonyl (C=O) groups is 1. The summed E-state index contributed by atoms with van der Waals surface area (Å²) < 4.78 is 0. The normalized spacial score (nSPS) is 10.3. The molecular formula is C10H12N2O. The van der Waals surface area contributed by atoms with Crippen molar-refractivity contribution in [2.45, 2.75) is 6.92 Å². The van der Waals surface area contributed by atoms with Gasteiger partial charge >= 0.3 is 0 Å². The highest BCUT2D eigenvalue weighted by Gasteiger charge is 1.98. The standard InChI is InChI=1S/C10H12N2O/c1-8-3-4-9(6-11-2)10(5-8)12-7-13/h3-7H,1-2H3,(H,12,13). The minimum atomic E-state index is 0.668. The van der Waals surface area contributed by atoms with Crippen molar-refractivity contribution in [3.05, 3.63) is 29.3 Å². The Morgan fingerprint density at radius 2 is 2.23 bits per heavy atom. The fourth-order valence-corrected chi connectivity index (χ4v) is 1.11. The van der Waals surface area contributed by atoms with E-state index >= 15 is 0 Å². The van der Waals surface area contributed by atoms with Crippen molar-refractivity contribution in [3.63, 3.8) is 0 Å². The van der Waals surface area contributed by atoms with Gasteiger partial charge in [0, 0.05) is 24.5 Å². The van der Waals surface area contributed by atoms with E-state index in [4.69, 9.17) is 0 Å². The molecule has 1 N–H and O–H groups in total. The topological polar surface area (TPSA) is 41.5 Å². The van der Waals surface area contributed by atoms with Gasteiger partial charge in [0.05, 0.1) is 0 Å². The predicted molar refractivity (Wildman–Crippen MR) is 54.4 cm³/mol. The van der Waals surface area contributed by atoms with Gasteiger partial charge in [-0.25, -0.2) is 0 Å². The molecule has 0 heterocycles. The molecule has 0 aliphatic rings. The molecule has 0 unspecified atom stereocenters. The van der Waals surface area contributed by atoms with Crippen molar-refractivity contribution in [1.82, 2.24) is 0 Å². The number of rotatable bonds is 3. The highest BCUT2D eigenvalue weighted by molar-refractivity contribution is 5.91. The molecule has 0 aromatic heterocycles. The Morgan fingerprint density at radius 1 is 1.46 bits per heavy atom. The van der Waals surface area contributed by atoms with Gasteiger partial charge in [-0.15, -0.1) is 0 Å². The number of hydrogen-bond acceptors (Lipinski definition) is 2. The van der Waals surface area contributed by atoms with Gasteiger partial charge in [-0.05, 0) is 18.6 Å². The van der Waals surface area contributed by atoms with Gasteiger partial charge < -0.3 is 5.32 Å². The lowest BCUT2D eigenvalue weighted by molar-refractivity contribution is -0.105. The van der Waals surface area contributed by atoms with Crippen LogP contribution in [0, 0.1) is 6.92 Å². The monoisotopic (exact) mass is 176 g/mol. The van der Waals surface area contributed by atoms with Crippen LogP contribution in [0.5, 0.6) is 0 Å². The maximum atomic E-state index is 10.3. The van der Waals surface area contributed by atoms with E-state index in [-0.39, 0.29) is 0 Å². The molecule has 3 heteroatoms. The third kappa shape index (κ3) is 2.40. The fourth-order valence-electron chi connectivity index (χ4n) is 1.11. The summed E-state index contributed by atoms with van der Waals surface area (Å²) in [6.07, 6.45) is 2.38. The minimum absolute atomic E-state index is 0.668. The first kappa shape index (κ1) is 9.45. The van der Waals surface area contributed by atoms with E-state index in [2.05, 4.69) is 10.3 Å². The average molecular weight is 176 g/mol. The molecule has 1 aromatic rings. The first-order chi connectivity index (χ1) is 6.27. The Morgan fingerprint density at radius 3 is 2.85 bits per heavy atom. The molecule has 0 saturated heterocycles. The highest BCUT2D eigenvalue weighted by atomic mass is 16.1. The van der Waals surface area contributed by atoms with Gasteiger partial charge in [0.2, 0.25) is 6.41 Å². The molecule has 0 atom stereocenters. The van der Waals surface area contributed by atoms with Crippen LogP contribution in [0.3, 0.4) is 0 Å². The summed E-state index contributed by atoms with van der Waals surface area (Å²) in [5.74, 6) is 0. The summed E-state index contributed by atoms with van der Waals surface area (Å²) >= 11 is 0. The molecule has 68 valence electrons. The molecule has 0 fully saturated rings. The van der Waals surface area contributed by atoms with Crippen molar-refractivity contribution in [2.75, 3.05) is 12.4 Å². The second-order valence-corrected chi connectivity index (χ2v) is 2.74. The highest BCUT2D eigenvalue weighted by Crippen LogP contribution is 2.14. The maximum absolute atomic E-state index is 10.3. The molecule has 0 bridgehead atoms. The molecule has 1 aromatic carbocycles.